The molecule has 0 aromatic carbocycles. The Morgan fingerprint density at radius 2 is 2.00 bits per heavy atom. The molecule has 0 bridgehead atoms. The highest BCUT2D eigenvalue weighted by molar-refractivity contribution is 4.91. The molecule has 1 unspecified atom stereocenters. The largest absolute Gasteiger partial charge is 0.381 e. The summed E-state index contributed by atoms with van der Waals surface area (Å²) in [7, 11) is 0. The van der Waals surface area contributed by atoms with Crippen LogP contribution in [0.3, 0.4) is 0 Å². The van der Waals surface area contributed by atoms with Crippen LogP contribution in [-0.4, -0.2) is 25.8 Å². The van der Waals surface area contributed by atoms with Crippen LogP contribution in [0.25, 0.3) is 0 Å². The summed E-state index contributed by atoms with van der Waals surface area (Å²) >= 11 is 0. The lowest BCUT2D eigenvalue weighted by atomic mass is 9.89. The zero-order chi connectivity index (χ0) is 13.4. The van der Waals surface area contributed by atoms with Crippen molar-refractivity contribution in [3.05, 3.63) is 0 Å². The van der Waals surface area contributed by atoms with Gasteiger partial charge < -0.3 is 10.1 Å². The van der Waals surface area contributed by atoms with E-state index < -0.39 is 0 Å². The molecule has 0 aromatic rings. The quantitative estimate of drug-likeness (QED) is 0.708. The Morgan fingerprint density at radius 1 is 1.33 bits per heavy atom. The maximum Gasteiger partial charge on any atom is 0.0683 e. The second-order valence-corrected chi connectivity index (χ2v) is 6.15. The van der Waals surface area contributed by atoms with E-state index in [-0.39, 0.29) is 5.41 Å². The Kier molecular flexibility index (Phi) is 6.67. The van der Waals surface area contributed by atoms with Crippen LogP contribution in [-0.2, 0) is 4.74 Å². The minimum atomic E-state index is -0.160. The smallest absolute Gasteiger partial charge is 0.0683 e. The number of rotatable bonds is 7. The van der Waals surface area contributed by atoms with Crippen LogP contribution in [0, 0.1) is 22.7 Å². The van der Waals surface area contributed by atoms with E-state index in [1.807, 2.05) is 13.8 Å². The normalized spacial score (nSPS) is 19.4. The van der Waals surface area contributed by atoms with Crippen LogP contribution in [0.4, 0.5) is 0 Å². The number of nitrogens with zero attached hydrogens (tertiary/aromatic N) is 1. The Hall–Kier alpha value is -0.590. The Labute approximate surface area is 112 Å². The third kappa shape index (κ3) is 5.84. The van der Waals surface area contributed by atoms with Gasteiger partial charge in [-0.1, -0.05) is 6.42 Å². The van der Waals surface area contributed by atoms with Gasteiger partial charge in [0.25, 0.3) is 0 Å². The first-order valence-electron chi connectivity index (χ1n) is 7.27. The molecule has 0 saturated carbocycles. The summed E-state index contributed by atoms with van der Waals surface area (Å²) in [6, 6.07) is 2.95. The van der Waals surface area contributed by atoms with Gasteiger partial charge in [-0.3, -0.25) is 0 Å². The predicted octanol–water partition coefficient (Wildman–Crippen LogP) is 3.11. The van der Waals surface area contributed by atoms with E-state index in [1.54, 1.807) is 0 Å². The van der Waals surface area contributed by atoms with Gasteiger partial charge in [-0.05, 0) is 58.9 Å². The number of hydrogen-bond donors (Lipinski definition) is 1. The molecule has 1 N–H and O–H groups in total. The fourth-order valence-corrected chi connectivity index (χ4v) is 2.46. The SMILES string of the molecule is CC(NCCCCC(C)(C)C#N)C1CCOCC1. The van der Waals surface area contributed by atoms with Gasteiger partial charge >= 0.3 is 0 Å². The van der Waals surface area contributed by atoms with Crippen molar-refractivity contribution in [1.82, 2.24) is 5.32 Å². The van der Waals surface area contributed by atoms with Crippen molar-refractivity contribution in [2.45, 2.75) is 58.9 Å². The van der Waals surface area contributed by atoms with Crippen LogP contribution < -0.4 is 5.32 Å². The molecule has 1 aliphatic rings. The Balaban J connectivity index is 2.05. The molecule has 3 heteroatoms. The summed E-state index contributed by atoms with van der Waals surface area (Å²) in [5.41, 5.74) is -0.160. The van der Waals surface area contributed by atoms with Gasteiger partial charge in [0.1, 0.15) is 0 Å². The molecule has 0 amide bonds. The summed E-state index contributed by atoms with van der Waals surface area (Å²) in [6.45, 7) is 9.24. The van der Waals surface area contributed by atoms with Gasteiger partial charge in [-0.15, -0.1) is 0 Å². The highest BCUT2D eigenvalue weighted by Gasteiger charge is 2.20. The molecule has 1 rings (SSSR count). The van der Waals surface area contributed by atoms with Crippen molar-refractivity contribution in [2.75, 3.05) is 19.8 Å². The summed E-state index contributed by atoms with van der Waals surface area (Å²) in [6.07, 6.45) is 5.68. The fraction of sp³-hybridized carbons (Fsp3) is 0.933. The Morgan fingerprint density at radius 3 is 2.61 bits per heavy atom. The van der Waals surface area contributed by atoms with E-state index in [0.717, 1.165) is 38.5 Å². The van der Waals surface area contributed by atoms with Crippen LogP contribution in [0.1, 0.15) is 52.9 Å². The summed E-state index contributed by atoms with van der Waals surface area (Å²) in [5, 5.41) is 12.5. The number of hydrogen-bond acceptors (Lipinski definition) is 3. The topological polar surface area (TPSA) is 45.0 Å². The molecule has 0 aliphatic carbocycles. The van der Waals surface area contributed by atoms with E-state index in [2.05, 4.69) is 18.3 Å². The van der Waals surface area contributed by atoms with Crippen molar-refractivity contribution in [3.8, 4) is 6.07 Å². The number of unbranched alkanes of at least 4 members (excludes halogenated alkanes) is 1. The van der Waals surface area contributed by atoms with Crippen molar-refractivity contribution in [1.29, 1.82) is 5.26 Å². The first-order chi connectivity index (χ1) is 8.55. The zero-order valence-electron chi connectivity index (χ0n) is 12.2. The van der Waals surface area contributed by atoms with Gasteiger partial charge in [-0.2, -0.15) is 5.26 Å². The van der Waals surface area contributed by atoms with E-state index >= 15 is 0 Å². The minimum absolute atomic E-state index is 0.160. The lowest BCUT2D eigenvalue weighted by Gasteiger charge is -2.28. The number of ether oxygens (including phenoxy) is 1. The molecule has 1 aliphatic heterocycles. The third-order valence-electron chi connectivity index (χ3n) is 3.97. The molecule has 3 nitrogen and oxygen atoms in total. The molecular formula is C15H28N2O. The van der Waals surface area contributed by atoms with E-state index in [0.29, 0.717) is 6.04 Å². The van der Waals surface area contributed by atoms with Crippen molar-refractivity contribution >= 4 is 0 Å². The lowest BCUT2D eigenvalue weighted by Crippen LogP contribution is -2.37. The molecule has 18 heavy (non-hydrogen) atoms. The fourth-order valence-electron chi connectivity index (χ4n) is 2.46. The van der Waals surface area contributed by atoms with Gasteiger partial charge in [0.15, 0.2) is 0 Å². The van der Waals surface area contributed by atoms with E-state index in [4.69, 9.17) is 10.00 Å². The van der Waals surface area contributed by atoms with Crippen LogP contribution in [0.2, 0.25) is 0 Å². The minimum Gasteiger partial charge on any atom is -0.381 e. The number of nitriles is 1. The van der Waals surface area contributed by atoms with Gasteiger partial charge in [-0.25, -0.2) is 0 Å². The monoisotopic (exact) mass is 252 g/mol. The van der Waals surface area contributed by atoms with Crippen molar-refractivity contribution in [2.24, 2.45) is 11.3 Å². The second-order valence-electron chi connectivity index (χ2n) is 6.15. The molecule has 0 spiro atoms. The van der Waals surface area contributed by atoms with Crippen molar-refractivity contribution in [3.63, 3.8) is 0 Å². The molecule has 0 aromatic heterocycles. The van der Waals surface area contributed by atoms with E-state index in [9.17, 15) is 0 Å². The maximum atomic E-state index is 8.93. The highest BCUT2D eigenvalue weighted by Crippen LogP contribution is 2.22. The lowest BCUT2D eigenvalue weighted by molar-refractivity contribution is 0.0559. The Bertz CT molecular complexity index is 264. The molecule has 104 valence electrons. The second kappa shape index (κ2) is 7.76. The van der Waals surface area contributed by atoms with Gasteiger partial charge in [0.2, 0.25) is 0 Å². The molecule has 0 radical (unpaired) electrons. The van der Waals surface area contributed by atoms with E-state index in [1.165, 1.54) is 19.3 Å². The van der Waals surface area contributed by atoms with Gasteiger partial charge in [0, 0.05) is 19.3 Å². The average molecular weight is 252 g/mol. The number of nitrogens with one attached hydrogen (secondary N) is 1. The summed E-state index contributed by atoms with van der Waals surface area (Å²) in [4.78, 5) is 0. The van der Waals surface area contributed by atoms with Crippen LogP contribution in [0.5, 0.6) is 0 Å². The summed E-state index contributed by atoms with van der Waals surface area (Å²) < 4.78 is 5.38. The zero-order valence-corrected chi connectivity index (χ0v) is 12.2. The predicted molar refractivity (Wildman–Crippen MR) is 74.3 cm³/mol. The third-order valence-corrected chi connectivity index (χ3v) is 3.97. The van der Waals surface area contributed by atoms with Crippen LogP contribution in [0.15, 0.2) is 0 Å². The van der Waals surface area contributed by atoms with Crippen molar-refractivity contribution < 1.29 is 4.74 Å². The molecule has 1 atom stereocenters. The summed E-state index contributed by atoms with van der Waals surface area (Å²) in [5.74, 6) is 0.772. The average Bonchev–Trinajstić information content (AvgIpc) is 2.39. The first kappa shape index (κ1) is 15.5. The highest BCUT2D eigenvalue weighted by atomic mass is 16.5. The van der Waals surface area contributed by atoms with Gasteiger partial charge in [0.05, 0.1) is 11.5 Å². The maximum absolute atomic E-state index is 8.93. The van der Waals surface area contributed by atoms with Crippen LogP contribution >= 0.6 is 0 Å². The molecule has 1 saturated heterocycles. The molecular weight excluding hydrogens is 224 g/mol. The molecule has 1 fully saturated rings. The molecule has 1 heterocycles. The first-order valence-corrected chi connectivity index (χ1v) is 7.27. The standard InChI is InChI=1S/C15H28N2O/c1-13(14-6-10-18-11-7-14)17-9-5-4-8-15(2,3)12-16/h13-14,17H,4-11H2,1-3H3.